The Morgan fingerprint density at radius 2 is 1.96 bits per heavy atom. The quantitative estimate of drug-likeness (QED) is 0.781. The normalized spacial score (nSPS) is 20.0. The number of ether oxygens (including phenoxy) is 1. The second kappa shape index (κ2) is 7.77. The molecule has 1 aromatic heterocycles. The summed E-state index contributed by atoms with van der Waals surface area (Å²) in [5, 5.41) is 0. The molecule has 0 amide bonds. The molecular weight excluding hydrogens is 290 g/mol. The summed E-state index contributed by atoms with van der Waals surface area (Å²) in [6.45, 7) is 7.71. The fraction of sp³-hybridized carbons (Fsp3) is 0.667. The van der Waals surface area contributed by atoms with Crippen molar-refractivity contribution < 1.29 is 9.53 Å². The minimum atomic E-state index is -0.298. The predicted molar refractivity (Wildman–Crippen MR) is 90.8 cm³/mol. The number of esters is 1. The highest BCUT2D eigenvalue weighted by Gasteiger charge is 2.22. The number of rotatable bonds is 5. The summed E-state index contributed by atoms with van der Waals surface area (Å²) in [6.07, 6.45) is 7.29. The van der Waals surface area contributed by atoms with Crippen molar-refractivity contribution in [1.29, 1.82) is 0 Å². The third-order valence-corrected chi connectivity index (χ3v) is 4.95. The Morgan fingerprint density at radius 1 is 1.22 bits per heavy atom. The van der Waals surface area contributed by atoms with Crippen molar-refractivity contribution in [2.24, 2.45) is 5.92 Å². The van der Waals surface area contributed by atoms with Crippen LogP contribution in [0.1, 0.15) is 43.0 Å². The molecule has 1 aliphatic carbocycles. The van der Waals surface area contributed by atoms with E-state index >= 15 is 0 Å². The number of pyridine rings is 1. The zero-order valence-electron chi connectivity index (χ0n) is 14.0. The summed E-state index contributed by atoms with van der Waals surface area (Å²) in [5.41, 5.74) is 0.524. The van der Waals surface area contributed by atoms with Gasteiger partial charge in [0.25, 0.3) is 0 Å². The predicted octanol–water partition coefficient (Wildman–Crippen LogP) is 2.57. The van der Waals surface area contributed by atoms with Gasteiger partial charge < -0.3 is 9.64 Å². The summed E-state index contributed by atoms with van der Waals surface area (Å²) < 4.78 is 4.99. The molecule has 5 nitrogen and oxygen atoms in total. The van der Waals surface area contributed by atoms with Gasteiger partial charge in [-0.2, -0.15) is 0 Å². The molecule has 0 radical (unpaired) electrons. The fourth-order valence-corrected chi connectivity index (χ4v) is 3.63. The number of anilines is 1. The molecule has 1 aliphatic heterocycles. The van der Waals surface area contributed by atoms with Crippen molar-refractivity contribution in [3.05, 3.63) is 23.9 Å². The van der Waals surface area contributed by atoms with Crippen molar-refractivity contribution in [2.75, 3.05) is 44.2 Å². The third-order valence-electron chi connectivity index (χ3n) is 4.95. The van der Waals surface area contributed by atoms with Gasteiger partial charge in [-0.15, -0.1) is 0 Å². The first-order valence-electron chi connectivity index (χ1n) is 8.86. The fourth-order valence-electron chi connectivity index (χ4n) is 3.63. The summed E-state index contributed by atoms with van der Waals surface area (Å²) in [4.78, 5) is 21.0. The van der Waals surface area contributed by atoms with Crippen LogP contribution in [0.4, 0.5) is 5.82 Å². The summed E-state index contributed by atoms with van der Waals surface area (Å²) in [7, 11) is 0. The minimum absolute atomic E-state index is 0.298. The number of piperazine rings is 1. The molecule has 2 aliphatic rings. The first-order valence-corrected chi connectivity index (χ1v) is 8.86. The monoisotopic (exact) mass is 317 g/mol. The summed E-state index contributed by atoms with van der Waals surface area (Å²) in [6, 6.07) is 3.74. The second-order valence-electron chi connectivity index (χ2n) is 6.56. The smallest absolute Gasteiger partial charge is 0.339 e. The van der Waals surface area contributed by atoms with Crippen molar-refractivity contribution in [1.82, 2.24) is 9.88 Å². The van der Waals surface area contributed by atoms with Gasteiger partial charge in [0.2, 0.25) is 0 Å². The Kier molecular flexibility index (Phi) is 5.49. The lowest BCUT2D eigenvalue weighted by molar-refractivity contribution is 0.0526. The zero-order chi connectivity index (χ0) is 16.1. The largest absolute Gasteiger partial charge is 0.462 e. The molecule has 5 heteroatoms. The van der Waals surface area contributed by atoms with Crippen LogP contribution in [-0.2, 0) is 4.74 Å². The Labute approximate surface area is 138 Å². The van der Waals surface area contributed by atoms with Gasteiger partial charge >= 0.3 is 5.97 Å². The molecule has 0 aromatic carbocycles. The van der Waals surface area contributed by atoms with Gasteiger partial charge in [0.15, 0.2) is 0 Å². The van der Waals surface area contributed by atoms with Crippen LogP contribution in [0.2, 0.25) is 0 Å². The third kappa shape index (κ3) is 4.22. The second-order valence-corrected chi connectivity index (χ2v) is 6.56. The number of carbonyl (C=O) groups excluding carboxylic acids is 1. The molecule has 126 valence electrons. The number of hydrogen-bond acceptors (Lipinski definition) is 5. The van der Waals surface area contributed by atoms with Gasteiger partial charge in [0.1, 0.15) is 5.82 Å². The lowest BCUT2D eigenvalue weighted by atomic mass is 10.1. The van der Waals surface area contributed by atoms with E-state index in [0.29, 0.717) is 12.2 Å². The van der Waals surface area contributed by atoms with Gasteiger partial charge in [0, 0.05) is 38.9 Å². The first kappa shape index (κ1) is 16.2. The highest BCUT2D eigenvalue weighted by molar-refractivity contribution is 5.89. The van der Waals surface area contributed by atoms with Gasteiger partial charge in [-0.3, -0.25) is 4.90 Å². The van der Waals surface area contributed by atoms with Crippen molar-refractivity contribution in [3.63, 3.8) is 0 Å². The number of nitrogens with zero attached hydrogens (tertiary/aromatic N) is 3. The molecule has 0 spiro atoms. The Hall–Kier alpha value is -1.62. The van der Waals surface area contributed by atoms with E-state index < -0.39 is 0 Å². The Bertz CT molecular complexity index is 504. The molecule has 1 saturated carbocycles. The maximum absolute atomic E-state index is 11.7. The molecule has 0 N–H and O–H groups in total. The van der Waals surface area contributed by atoms with E-state index in [4.69, 9.17) is 4.74 Å². The van der Waals surface area contributed by atoms with Crippen LogP contribution >= 0.6 is 0 Å². The number of hydrogen-bond donors (Lipinski definition) is 0. The molecule has 2 fully saturated rings. The van der Waals surface area contributed by atoms with Crippen LogP contribution in [0.5, 0.6) is 0 Å². The Morgan fingerprint density at radius 3 is 2.57 bits per heavy atom. The molecule has 2 heterocycles. The van der Waals surface area contributed by atoms with Crippen molar-refractivity contribution in [2.45, 2.75) is 32.6 Å². The average molecular weight is 317 g/mol. The number of aromatic nitrogens is 1. The highest BCUT2D eigenvalue weighted by Crippen LogP contribution is 2.26. The van der Waals surface area contributed by atoms with E-state index in [1.807, 2.05) is 19.1 Å². The van der Waals surface area contributed by atoms with Crippen molar-refractivity contribution >= 4 is 11.8 Å². The SMILES string of the molecule is CCOC(=O)c1ccc(N2CCN(CC3CCCC3)CC2)nc1. The lowest BCUT2D eigenvalue weighted by Gasteiger charge is -2.36. The van der Waals surface area contributed by atoms with E-state index in [1.165, 1.54) is 32.2 Å². The van der Waals surface area contributed by atoms with Crippen LogP contribution in [0.25, 0.3) is 0 Å². The van der Waals surface area contributed by atoms with Crippen LogP contribution < -0.4 is 4.90 Å². The van der Waals surface area contributed by atoms with Crippen LogP contribution in [0.15, 0.2) is 18.3 Å². The highest BCUT2D eigenvalue weighted by atomic mass is 16.5. The topological polar surface area (TPSA) is 45.7 Å². The number of carbonyl (C=O) groups is 1. The maximum atomic E-state index is 11.7. The first-order chi connectivity index (χ1) is 11.3. The molecule has 0 bridgehead atoms. The van der Waals surface area contributed by atoms with Gasteiger partial charge in [-0.05, 0) is 37.8 Å². The average Bonchev–Trinajstić information content (AvgIpc) is 3.09. The van der Waals surface area contributed by atoms with Gasteiger partial charge in [0.05, 0.1) is 12.2 Å². The van der Waals surface area contributed by atoms with E-state index in [2.05, 4.69) is 14.8 Å². The molecule has 0 unspecified atom stereocenters. The molecule has 23 heavy (non-hydrogen) atoms. The lowest BCUT2D eigenvalue weighted by Crippen LogP contribution is -2.47. The Balaban J connectivity index is 1.50. The van der Waals surface area contributed by atoms with Gasteiger partial charge in [-0.1, -0.05) is 12.8 Å². The van der Waals surface area contributed by atoms with E-state index in [1.54, 1.807) is 6.20 Å². The summed E-state index contributed by atoms with van der Waals surface area (Å²) >= 11 is 0. The van der Waals surface area contributed by atoms with E-state index in [9.17, 15) is 4.79 Å². The van der Waals surface area contributed by atoms with Gasteiger partial charge in [-0.25, -0.2) is 9.78 Å². The zero-order valence-corrected chi connectivity index (χ0v) is 14.0. The molecular formula is C18H27N3O2. The standard InChI is InChI=1S/C18H27N3O2/c1-2-23-18(22)16-7-8-17(19-13-16)21-11-9-20(10-12-21)14-15-5-3-4-6-15/h7-8,13,15H,2-6,9-12,14H2,1H3. The molecule has 0 atom stereocenters. The van der Waals surface area contributed by atoms with E-state index in [-0.39, 0.29) is 5.97 Å². The minimum Gasteiger partial charge on any atom is -0.462 e. The van der Waals surface area contributed by atoms with Crippen LogP contribution in [-0.4, -0.2) is 55.2 Å². The maximum Gasteiger partial charge on any atom is 0.339 e. The van der Waals surface area contributed by atoms with E-state index in [0.717, 1.165) is 37.9 Å². The molecule has 1 saturated heterocycles. The summed E-state index contributed by atoms with van der Waals surface area (Å²) in [5.74, 6) is 1.58. The van der Waals surface area contributed by atoms with Crippen LogP contribution in [0, 0.1) is 5.92 Å². The molecule has 1 aromatic rings. The van der Waals surface area contributed by atoms with Crippen LogP contribution in [0.3, 0.4) is 0 Å². The van der Waals surface area contributed by atoms with Crippen molar-refractivity contribution in [3.8, 4) is 0 Å². The molecule has 3 rings (SSSR count).